The summed E-state index contributed by atoms with van der Waals surface area (Å²) in [7, 11) is -2.67. The third-order valence-electron chi connectivity index (χ3n) is 5.00. The molecule has 38 heavy (non-hydrogen) atoms. The molecular weight excluding hydrogens is 540 g/mol. The van der Waals surface area contributed by atoms with Gasteiger partial charge >= 0.3 is 5.97 Å². The van der Waals surface area contributed by atoms with Crippen LogP contribution in [0.25, 0.3) is 10.2 Å². The van der Waals surface area contributed by atoms with E-state index < -0.39 is 44.7 Å². The minimum absolute atomic E-state index is 0.127. The van der Waals surface area contributed by atoms with Gasteiger partial charge in [-0.25, -0.2) is 18.2 Å². The standard InChI is InChI=1S/C23H18N4O9S2/c1-35-15-5-2-13(3-6-15)26-38(33,34)16-7-9-19(28)17(11-16)22(30)36-12-21(29)25-23-24-18-8-4-14(27(31)32)10-20(18)37-23/h2-11,26,28H,12H2,1H3,(H,24,25,29). The Morgan fingerprint density at radius 2 is 1.84 bits per heavy atom. The zero-order chi connectivity index (χ0) is 27.4. The number of thiazole rings is 1. The summed E-state index contributed by atoms with van der Waals surface area (Å²) in [6.07, 6.45) is 0. The monoisotopic (exact) mass is 558 g/mol. The number of benzene rings is 3. The largest absolute Gasteiger partial charge is 0.507 e. The molecule has 3 aromatic carbocycles. The van der Waals surface area contributed by atoms with Crippen LogP contribution in [0.3, 0.4) is 0 Å². The van der Waals surface area contributed by atoms with Gasteiger partial charge in [0, 0.05) is 17.8 Å². The van der Waals surface area contributed by atoms with Gasteiger partial charge in [-0.2, -0.15) is 0 Å². The first-order valence-electron chi connectivity index (χ1n) is 10.6. The second-order valence-corrected chi connectivity index (χ2v) is 10.3. The van der Waals surface area contributed by atoms with Gasteiger partial charge in [0.05, 0.1) is 27.1 Å². The first kappa shape index (κ1) is 26.3. The smallest absolute Gasteiger partial charge is 0.342 e. The molecule has 0 unspecified atom stereocenters. The Morgan fingerprint density at radius 3 is 2.53 bits per heavy atom. The molecule has 4 rings (SSSR count). The van der Waals surface area contributed by atoms with Crippen LogP contribution in [0.5, 0.6) is 11.5 Å². The average Bonchev–Trinajstić information content (AvgIpc) is 3.29. The number of nitrogens with one attached hydrogen (secondary N) is 2. The number of hydrogen-bond donors (Lipinski definition) is 3. The van der Waals surface area contributed by atoms with Crippen molar-refractivity contribution >= 4 is 60.0 Å². The molecule has 0 radical (unpaired) electrons. The maximum atomic E-state index is 12.8. The zero-order valence-corrected chi connectivity index (χ0v) is 21.0. The minimum Gasteiger partial charge on any atom is -0.507 e. The first-order valence-corrected chi connectivity index (χ1v) is 12.9. The number of methoxy groups -OCH3 is 1. The minimum atomic E-state index is -4.14. The van der Waals surface area contributed by atoms with Crippen molar-refractivity contribution in [3.05, 3.63) is 76.3 Å². The Balaban J connectivity index is 1.41. The third-order valence-corrected chi connectivity index (χ3v) is 7.32. The molecule has 1 aromatic heterocycles. The van der Waals surface area contributed by atoms with Crippen LogP contribution in [0, 0.1) is 10.1 Å². The van der Waals surface area contributed by atoms with Crippen molar-refractivity contribution in [2.24, 2.45) is 0 Å². The predicted octanol–water partition coefficient (Wildman–Crippen LogP) is 3.52. The molecule has 0 aliphatic carbocycles. The van der Waals surface area contributed by atoms with Crippen molar-refractivity contribution in [2.45, 2.75) is 4.90 Å². The van der Waals surface area contributed by atoms with E-state index in [1.807, 2.05) is 0 Å². The lowest BCUT2D eigenvalue weighted by molar-refractivity contribution is -0.384. The maximum absolute atomic E-state index is 12.8. The molecule has 0 atom stereocenters. The molecule has 1 amide bonds. The van der Waals surface area contributed by atoms with E-state index in [0.717, 1.165) is 29.5 Å². The van der Waals surface area contributed by atoms with Crippen LogP contribution < -0.4 is 14.8 Å². The van der Waals surface area contributed by atoms with E-state index in [9.17, 15) is 33.2 Å². The van der Waals surface area contributed by atoms with Crippen molar-refractivity contribution in [1.82, 2.24) is 4.98 Å². The molecule has 13 nitrogen and oxygen atoms in total. The number of hydrogen-bond acceptors (Lipinski definition) is 11. The van der Waals surface area contributed by atoms with Gasteiger partial charge in [-0.15, -0.1) is 0 Å². The first-order chi connectivity index (χ1) is 18.1. The predicted molar refractivity (Wildman–Crippen MR) is 137 cm³/mol. The van der Waals surface area contributed by atoms with Crippen LogP contribution in [-0.2, 0) is 19.6 Å². The Hall–Kier alpha value is -4.76. The fraction of sp³-hybridized carbons (Fsp3) is 0.0870. The molecule has 0 saturated carbocycles. The molecule has 1 heterocycles. The number of fused-ring (bicyclic) bond motifs is 1. The summed E-state index contributed by atoms with van der Waals surface area (Å²) in [4.78, 5) is 38.9. The molecule has 3 N–H and O–H groups in total. The maximum Gasteiger partial charge on any atom is 0.342 e. The van der Waals surface area contributed by atoms with Crippen LogP contribution >= 0.6 is 11.3 Å². The second kappa shape index (κ2) is 10.7. The van der Waals surface area contributed by atoms with Gasteiger partial charge in [-0.1, -0.05) is 11.3 Å². The summed E-state index contributed by atoms with van der Waals surface area (Å²) < 4.78 is 38.3. The Labute approximate surface area is 218 Å². The normalized spacial score (nSPS) is 11.1. The van der Waals surface area contributed by atoms with Gasteiger partial charge in [0.1, 0.15) is 17.1 Å². The summed E-state index contributed by atoms with van der Waals surface area (Å²) in [5, 5.41) is 23.5. The molecule has 4 aromatic rings. The third kappa shape index (κ3) is 5.96. The van der Waals surface area contributed by atoms with Crippen LogP contribution in [0.4, 0.5) is 16.5 Å². The highest BCUT2D eigenvalue weighted by molar-refractivity contribution is 7.92. The number of nitro benzene ring substituents is 1. The van der Waals surface area contributed by atoms with E-state index in [-0.39, 0.29) is 21.4 Å². The average molecular weight is 559 g/mol. The van der Waals surface area contributed by atoms with Crippen molar-refractivity contribution < 1.29 is 37.5 Å². The number of rotatable bonds is 9. The Kier molecular flexibility index (Phi) is 7.40. The van der Waals surface area contributed by atoms with Crippen LogP contribution in [0.2, 0.25) is 0 Å². The summed E-state index contributed by atoms with van der Waals surface area (Å²) in [6, 6.07) is 13.1. The molecule has 0 saturated heterocycles. The second-order valence-electron chi connectivity index (χ2n) is 7.57. The molecule has 0 bridgehead atoms. The molecular formula is C23H18N4O9S2. The van der Waals surface area contributed by atoms with Gasteiger partial charge < -0.3 is 14.6 Å². The summed E-state index contributed by atoms with van der Waals surface area (Å²) in [5.74, 6) is -1.93. The van der Waals surface area contributed by atoms with E-state index >= 15 is 0 Å². The highest BCUT2D eigenvalue weighted by Gasteiger charge is 2.21. The van der Waals surface area contributed by atoms with Crippen molar-refractivity contribution in [3.8, 4) is 11.5 Å². The Bertz CT molecular complexity index is 1650. The summed E-state index contributed by atoms with van der Waals surface area (Å²) >= 11 is 0.989. The number of nitro groups is 1. The van der Waals surface area contributed by atoms with E-state index in [0.29, 0.717) is 16.0 Å². The van der Waals surface area contributed by atoms with Gasteiger partial charge in [-0.05, 0) is 48.5 Å². The number of ether oxygens (including phenoxy) is 2. The van der Waals surface area contributed by atoms with Gasteiger partial charge in [-0.3, -0.25) is 24.9 Å². The fourth-order valence-electron chi connectivity index (χ4n) is 3.16. The fourth-order valence-corrected chi connectivity index (χ4v) is 5.16. The number of aromatic hydroxyl groups is 1. The molecule has 0 aliphatic heterocycles. The summed E-state index contributed by atoms with van der Waals surface area (Å²) in [6.45, 7) is -0.768. The number of carbonyl (C=O) groups is 2. The van der Waals surface area contributed by atoms with Crippen molar-refractivity contribution in [2.75, 3.05) is 23.8 Å². The number of non-ortho nitro benzene ring substituents is 1. The van der Waals surface area contributed by atoms with Gasteiger partial charge in [0.25, 0.3) is 21.6 Å². The molecule has 0 fully saturated rings. The lowest BCUT2D eigenvalue weighted by Crippen LogP contribution is -2.21. The number of sulfonamides is 1. The van der Waals surface area contributed by atoms with E-state index in [4.69, 9.17) is 9.47 Å². The van der Waals surface area contributed by atoms with Gasteiger partial charge in [0.2, 0.25) is 0 Å². The van der Waals surface area contributed by atoms with Crippen molar-refractivity contribution in [3.63, 3.8) is 0 Å². The number of anilines is 2. The van der Waals surface area contributed by atoms with Gasteiger partial charge in [0.15, 0.2) is 11.7 Å². The lowest BCUT2D eigenvalue weighted by Gasteiger charge is -2.11. The Morgan fingerprint density at radius 1 is 1.11 bits per heavy atom. The molecule has 0 aliphatic rings. The SMILES string of the molecule is COc1ccc(NS(=O)(=O)c2ccc(O)c(C(=O)OCC(=O)Nc3nc4ccc([N+](=O)[O-])cc4s3)c2)cc1. The highest BCUT2D eigenvalue weighted by Crippen LogP contribution is 2.29. The molecule has 196 valence electrons. The van der Waals surface area contributed by atoms with Crippen LogP contribution in [0.1, 0.15) is 10.4 Å². The van der Waals surface area contributed by atoms with Crippen LogP contribution in [0.15, 0.2) is 65.6 Å². The topological polar surface area (TPSA) is 187 Å². The molecule has 15 heteroatoms. The summed E-state index contributed by atoms with van der Waals surface area (Å²) in [5.41, 5.74) is 0.0714. The zero-order valence-electron chi connectivity index (χ0n) is 19.4. The number of aromatic nitrogens is 1. The number of amides is 1. The van der Waals surface area contributed by atoms with Crippen LogP contribution in [-0.4, -0.2) is 49.0 Å². The number of nitrogens with zero attached hydrogens (tertiary/aromatic N) is 2. The van der Waals surface area contributed by atoms with E-state index in [1.165, 1.54) is 37.4 Å². The number of phenols is 1. The highest BCUT2D eigenvalue weighted by atomic mass is 32.2. The number of carbonyl (C=O) groups excluding carboxylic acids is 2. The number of phenolic OH excluding ortho intramolecular Hbond substituents is 1. The van der Waals surface area contributed by atoms with E-state index in [2.05, 4.69) is 15.0 Å². The molecule has 0 spiro atoms. The van der Waals surface area contributed by atoms with E-state index in [1.54, 1.807) is 12.1 Å². The van der Waals surface area contributed by atoms with Crippen molar-refractivity contribution in [1.29, 1.82) is 0 Å². The quantitative estimate of drug-likeness (QED) is 0.156. The lowest BCUT2D eigenvalue weighted by atomic mass is 10.2. The number of esters is 1.